The Labute approximate surface area is 184 Å². The lowest BCUT2D eigenvalue weighted by Crippen LogP contribution is -2.50. The van der Waals surface area contributed by atoms with E-state index in [1.807, 2.05) is 0 Å². The molecular weight excluding hydrogens is 412 g/mol. The van der Waals surface area contributed by atoms with Crippen LogP contribution < -0.4 is 15.8 Å². The van der Waals surface area contributed by atoms with Crippen molar-refractivity contribution in [2.75, 3.05) is 37.6 Å². The predicted molar refractivity (Wildman–Crippen MR) is 115 cm³/mol. The normalized spacial score (nSPS) is 20.1. The SMILES string of the molecule is Cc1c(N2CCC3(CCN(C[C@@H](O)c4ccc(-n5cnnn5)nn4)CC3)CC2)c(=O)c1=O. The van der Waals surface area contributed by atoms with Gasteiger partial charge in [-0.2, -0.15) is 9.78 Å². The highest BCUT2D eigenvalue weighted by Crippen LogP contribution is 2.42. The molecule has 0 amide bonds. The van der Waals surface area contributed by atoms with Crippen LogP contribution in [0.5, 0.6) is 0 Å². The van der Waals surface area contributed by atoms with E-state index in [2.05, 4.69) is 35.5 Å². The maximum Gasteiger partial charge on any atom is 0.249 e. The second-order valence-corrected chi connectivity index (χ2v) is 9.01. The van der Waals surface area contributed by atoms with Gasteiger partial charge in [0, 0.05) is 25.2 Å². The maximum atomic E-state index is 11.9. The van der Waals surface area contributed by atoms with Gasteiger partial charge in [0.2, 0.25) is 10.9 Å². The zero-order valence-corrected chi connectivity index (χ0v) is 18.0. The summed E-state index contributed by atoms with van der Waals surface area (Å²) < 4.78 is 1.41. The Morgan fingerprint density at radius 2 is 1.75 bits per heavy atom. The van der Waals surface area contributed by atoms with E-state index in [1.165, 1.54) is 11.0 Å². The van der Waals surface area contributed by atoms with E-state index in [9.17, 15) is 14.7 Å². The summed E-state index contributed by atoms with van der Waals surface area (Å²) in [4.78, 5) is 27.8. The largest absolute Gasteiger partial charge is 0.385 e. The van der Waals surface area contributed by atoms with Gasteiger partial charge in [-0.05, 0) is 73.7 Å². The lowest BCUT2D eigenvalue weighted by atomic mass is 9.71. The van der Waals surface area contributed by atoms with Gasteiger partial charge in [-0.3, -0.25) is 9.59 Å². The van der Waals surface area contributed by atoms with Crippen molar-refractivity contribution >= 4 is 5.69 Å². The van der Waals surface area contributed by atoms with Crippen LogP contribution in [0.15, 0.2) is 28.0 Å². The molecule has 0 radical (unpaired) electrons. The number of nitrogens with zero attached hydrogens (tertiary/aromatic N) is 8. The van der Waals surface area contributed by atoms with Crippen LogP contribution in [0.2, 0.25) is 0 Å². The monoisotopic (exact) mass is 438 g/mol. The average Bonchev–Trinajstić information content (AvgIpc) is 3.37. The molecule has 2 fully saturated rings. The van der Waals surface area contributed by atoms with E-state index < -0.39 is 6.10 Å². The average molecular weight is 438 g/mol. The molecule has 2 aromatic heterocycles. The van der Waals surface area contributed by atoms with Crippen LogP contribution in [0, 0.1) is 12.3 Å². The topological polar surface area (TPSA) is 130 Å². The van der Waals surface area contributed by atoms with Crippen molar-refractivity contribution in [3.63, 3.8) is 0 Å². The van der Waals surface area contributed by atoms with Crippen LogP contribution in [0.4, 0.5) is 5.69 Å². The summed E-state index contributed by atoms with van der Waals surface area (Å²) in [5, 5.41) is 29.8. The van der Waals surface area contributed by atoms with Gasteiger partial charge in [0.05, 0.1) is 11.4 Å². The third-order valence-corrected chi connectivity index (χ3v) is 7.20. The van der Waals surface area contributed by atoms with Crippen LogP contribution in [0.25, 0.3) is 5.82 Å². The molecule has 11 heteroatoms. The second kappa shape index (κ2) is 8.14. The van der Waals surface area contributed by atoms with E-state index in [0.29, 0.717) is 29.3 Å². The number of rotatable bonds is 5. The molecule has 11 nitrogen and oxygen atoms in total. The Balaban J connectivity index is 1.13. The fraction of sp³-hybridized carbons (Fsp3) is 0.571. The molecule has 0 saturated carbocycles. The second-order valence-electron chi connectivity index (χ2n) is 9.01. The van der Waals surface area contributed by atoms with Gasteiger partial charge in [-0.25, -0.2) is 0 Å². The molecule has 32 heavy (non-hydrogen) atoms. The Morgan fingerprint density at radius 3 is 2.34 bits per heavy atom. The maximum absolute atomic E-state index is 11.9. The number of tetrazole rings is 1. The van der Waals surface area contributed by atoms with E-state index in [0.717, 1.165) is 51.9 Å². The lowest BCUT2D eigenvalue weighted by molar-refractivity contribution is 0.0435. The van der Waals surface area contributed by atoms with Crippen molar-refractivity contribution in [1.82, 2.24) is 35.3 Å². The van der Waals surface area contributed by atoms with E-state index >= 15 is 0 Å². The van der Waals surface area contributed by atoms with Crippen LogP contribution in [-0.4, -0.2) is 73.1 Å². The molecule has 0 bridgehead atoms. The molecule has 1 aromatic carbocycles. The van der Waals surface area contributed by atoms with Gasteiger partial charge in [0.25, 0.3) is 0 Å². The molecule has 2 saturated heterocycles. The van der Waals surface area contributed by atoms with Crippen molar-refractivity contribution in [2.24, 2.45) is 5.41 Å². The third kappa shape index (κ3) is 3.71. The first-order valence-corrected chi connectivity index (χ1v) is 11.0. The highest BCUT2D eigenvalue weighted by Gasteiger charge is 2.39. The minimum atomic E-state index is -0.710. The molecule has 4 heterocycles. The molecule has 168 valence electrons. The summed E-state index contributed by atoms with van der Waals surface area (Å²) in [5.74, 6) is 0.496. The third-order valence-electron chi connectivity index (χ3n) is 7.20. The first-order chi connectivity index (χ1) is 15.5. The summed E-state index contributed by atoms with van der Waals surface area (Å²) in [6.45, 7) is 5.77. The molecule has 1 spiro atoms. The highest BCUT2D eigenvalue weighted by atomic mass is 16.3. The minimum absolute atomic E-state index is 0.288. The quantitative estimate of drug-likeness (QED) is 0.533. The van der Waals surface area contributed by atoms with Crippen molar-refractivity contribution in [2.45, 2.75) is 38.7 Å². The number of anilines is 1. The fourth-order valence-corrected chi connectivity index (χ4v) is 5.03. The van der Waals surface area contributed by atoms with Crippen LogP contribution in [-0.2, 0) is 0 Å². The number of aliphatic hydroxyl groups is 1. The number of piperidine rings is 2. The first kappa shape index (κ1) is 20.8. The Kier molecular flexibility index (Phi) is 5.30. The number of aliphatic hydroxyl groups excluding tert-OH is 1. The van der Waals surface area contributed by atoms with Crippen LogP contribution in [0.3, 0.4) is 0 Å². The number of likely N-dealkylation sites (tertiary alicyclic amines) is 1. The van der Waals surface area contributed by atoms with Crippen molar-refractivity contribution < 1.29 is 5.11 Å². The predicted octanol–water partition coefficient (Wildman–Crippen LogP) is -0.227. The number of hydrogen-bond donors (Lipinski definition) is 1. The number of hydrogen-bond acceptors (Lipinski definition) is 10. The van der Waals surface area contributed by atoms with E-state index in [4.69, 9.17) is 0 Å². The Morgan fingerprint density at radius 1 is 1.03 bits per heavy atom. The van der Waals surface area contributed by atoms with Gasteiger partial charge in [0.1, 0.15) is 12.4 Å². The molecular formula is C21H26N8O3. The minimum Gasteiger partial charge on any atom is -0.385 e. The van der Waals surface area contributed by atoms with E-state index in [-0.39, 0.29) is 16.3 Å². The van der Waals surface area contributed by atoms with Gasteiger partial charge in [-0.15, -0.1) is 10.2 Å². The zero-order valence-electron chi connectivity index (χ0n) is 18.0. The molecule has 1 atom stereocenters. The van der Waals surface area contributed by atoms with Crippen molar-refractivity contribution in [3.05, 3.63) is 50.2 Å². The van der Waals surface area contributed by atoms with Gasteiger partial charge in [-0.1, -0.05) is 0 Å². The van der Waals surface area contributed by atoms with E-state index in [1.54, 1.807) is 19.1 Å². The summed E-state index contributed by atoms with van der Waals surface area (Å²) in [5.41, 5.74) is 1.41. The molecule has 0 unspecified atom stereocenters. The molecule has 2 aliphatic rings. The smallest absolute Gasteiger partial charge is 0.249 e. The zero-order chi connectivity index (χ0) is 22.3. The molecule has 2 aliphatic heterocycles. The van der Waals surface area contributed by atoms with Crippen molar-refractivity contribution in [1.29, 1.82) is 0 Å². The lowest BCUT2D eigenvalue weighted by Gasteiger charge is -2.47. The van der Waals surface area contributed by atoms with Crippen LogP contribution in [0.1, 0.15) is 43.0 Å². The molecule has 0 aliphatic carbocycles. The Hall–Kier alpha value is -3.05. The first-order valence-electron chi connectivity index (χ1n) is 11.0. The molecule has 1 N–H and O–H groups in total. The van der Waals surface area contributed by atoms with Gasteiger partial charge >= 0.3 is 0 Å². The Bertz CT molecular complexity index is 1140. The molecule has 3 aromatic rings. The van der Waals surface area contributed by atoms with Crippen LogP contribution >= 0.6 is 0 Å². The standard InChI is InChI=1S/C21H26N8O3/c1-14-18(20(32)19(14)31)28-10-6-21(7-11-28)4-8-27(9-5-21)12-16(30)15-2-3-17(24-23-15)29-13-22-25-26-29/h2-3,13,16,30H,4-12H2,1H3/t16-/m1/s1. The van der Waals surface area contributed by atoms with Gasteiger partial charge in [0.15, 0.2) is 5.82 Å². The van der Waals surface area contributed by atoms with Crippen molar-refractivity contribution in [3.8, 4) is 5.82 Å². The van der Waals surface area contributed by atoms with Gasteiger partial charge < -0.3 is 14.9 Å². The summed E-state index contributed by atoms with van der Waals surface area (Å²) in [6, 6.07) is 3.48. The fourth-order valence-electron chi connectivity index (χ4n) is 5.03. The summed E-state index contributed by atoms with van der Waals surface area (Å²) >= 11 is 0. The highest BCUT2D eigenvalue weighted by molar-refractivity contribution is 5.58. The number of aromatic nitrogens is 6. The summed E-state index contributed by atoms with van der Waals surface area (Å²) in [6.07, 6.45) is 4.94. The summed E-state index contributed by atoms with van der Waals surface area (Å²) in [7, 11) is 0. The molecule has 5 rings (SSSR count). The number of β-amino-alcohol motifs (C(OH)–C–C–N with tert-alkyl or cyclic N) is 1.